The lowest BCUT2D eigenvalue weighted by molar-refractivity contribution is 0.0951. The maximum absolute atomic E-state index is 13.0. The van der Waals surface area contributed by atoms with Crippen molar-refractivity contribution in [3.05, 3.63) is 111 Å². The smallest absolute Gasteiger partial charge is 0.293 e. The van der Waals surface area contributed by atoms with Gasteiger partial charge in [-0.05, 0) is 54.7 Å². The maximum atomic E-state index is 13.0. The van der Waals surface area contributed by atoms with Crippen LogP contribution in [0.2, 0.25) is 15.1 Å². The molecule has 0 radical (unpaired) electrons. The highest BCUT2D eigenvalue weighted by Gasteiger charge is 2.18. The number of nitrogens with one attached hydrogen (secondary N) is 2. The van der Waals surface area contributed by atoms with E-state index in [2.05, 4.69) is 10.6 Å². The van der Waals surface area contributed by atoms with E-state index in [1.54, 1.807) is 60.7 Å². The number of ketones is 1. The van der Waals surface area contributed by atoms with Crippen molar-refractivity contribution in [1.82, 2.24) is 5.32 Å². The lowest BCUT2D eigenvalue weighted by atomic mass is 10.0. The molecule has 3 aromatic carbocycles. The molecular formula is C25H15Cl3N2O3S. The second-order valence-electron chi connectivity index (χ2n) is 7.06. The molecule has 0 aliphatic heterocycles. The Morgan fingerprint density at radius 1 is 0.853 bits per heavy atom. The Hall–Kier alpha value is -3.16. The van der Waals surface area contributed by atoms with Gasteiger partial charge in [-0.25, -0.2) is 0 Å². The Labute approximate surface area is 215 Å². The first kappa shape index (κ1) is 24.0. The number of rotatable bonds is 5. The molecule has 9 heteroatoms. The Balaban J connectivity index is 1.50. The third kappa shape index (κ3) is 5.32. The summed E-state index contributed by atoms with van der Waals surface area (Å²) < 4.78 is 5.64. The molecular weight excluding hydrogens is 515 g/mol. The average Bonchev–Trinajstić information content (AvgIpc) is 3.32. The third-order valence-corrected chi connectivity index (χ3v) is 6.04. The van der Waals surface area contributed by atoms with Crippen LogP contribution in [0.25, 0.3) is 11.3 Å². The molecule has 0 aliphatic rings. The summed E-state index contributed by atoms with van der Waals surface area (Å²) in [7, 11) is 0. The van der Waals surface area contributed by atoms with Crippen LogP contribution in [0.3, 0.4) is 0 Å². The number of anilines is 1. The van der Waals surface area contributed by atoms with Crippen molar-refractivity contribution in [2.45, 2.75) is 0 Å². The number of hydrogen-bond donors (Lipinski definition) is 2. The number of halogens is 3. The summed E-state index contributed by atoms with van der Waals surface area (Å²) >= 11 is 23.7. The molecule has 170 valence electrons. The van der Waals surface area contributed by atoms with Gasteiger partial charge in [0.1, 0.15) is 5.76 Å². The summed E-state index contributed by atoms with van der Waals surface area (Å²) in [5, 5.41) is 6.49. The first-order chi connectivity index (χ1) is 16.3. The van der Waals surface area contributed by atoms with E-state index >= 15 is 0 Å². The van der Waals surface area contributed by atoms with Gasteiger partial charge in [0, 0.05) is 21.7 Å². The Bertz CT molecular complexity index is 1400. The fraction of sp³-hybridized carbons (Fsp3) is 0. The predicted molar refractivity (Wildman–Crippen MR) is 139 cm³/mol. The van der Waals surface area contributed by atoms with Gasteiger partial charge in [-0.1, -0.05) is 71.2 Å². The van der Waals surface area contributed by atoms with E-state index in [1.807, 2.05) is 6.07 Å². The van der Waals surface area contributed by atoms with E-state index < -0.39 is 5.91 Å². The molecule has 1 heterocycles. The van der Waals surface area contributed by atoms with Crippen LogP contribution in [-0.4, -0.2) is 16.8 Å². The summed E-state index contributed by atoms with van der Waals surface area (Å²) in [6.45, 7) is 0. The van der Waals surface area contributed by atoms with Gasteiger partial charge in [-0.15, -0.1) is 0 Å². The lowest BCUT2D eigenvalue weighted by Crippen LogP contribution is -2.34. The van der Waals surface area contributed by atoms with E-state index in [0.717, 1.165) is 0 Å². The highest BCUT2D eigenvalue weighted by molar-refractivity contribution is 7.80. The molecule has 1 aromatic heterocycles. The Morgan fingerprint density at radius 3 is 2.38 bits per heavy atom. The van der Waals surface area contributed by atoms with Crippen molar-refractivity contribution < 1.29 is 14.0 Å². The lowest BCUT2D eigenvalue weighted by Gasteiger charge is -2.13. The molecule has 4 rings (SSSR count). The van der Waals surface area contributed by atoms with Crippen molar-refractivity contribution >= 4 is 69.5 Å². The molecule has 0 spiro atoms. The van der Waals surface area contributed by atoms with Gasteiger partial charge in [-0.2, -0.15) is 0 Å². The number of amides is 1. The third-order valence-electron chi connectivity index (χ3n) is 4.78. The molecule has 4 aromatic rings. The number of benzene rings is 3. The quantitative estimate of drug-likeness (QED) is 0.210. The van der Waals surface area contributed by atoms with Gasteiger partial charge in [-0.3, -0.25) is 14.9 Å². The molecule has 0 unspecified atom stereocenters. The van der Waals surface area contributed by atoms with Crippen molar-refractivity contribution in [1.29, 1.82) is 0 Å². The first-order valence-corrected chi connectivity index (χ1v) is 11.4. The molecule has 0 fully saturated rings. The summed E-state index contributed by atoms with van der Waals surface area (Å²) in [5.41, 5.74) is 1.75. The molecule has 34 heavy (non-hydrogen) atoms. The standard InChI is InChI=1S/C25H15Cl3N2O3S/c26-15-9-10-19(17(13-15)23(31)14-5-2-1-3-6-14)29-25(34)30-24(32)21-12-11-20(33-21)16-7-4-8-18(27)22(16)28/h1-13H,(H2,29,30,32,34). The second kappa shape index (κ2) is 10.4. The summed E-state index contributed by atoms with van der Waals surface area (Å²) in [5.74, 6) is -0.419. The fourth-order valence-corrected chi connectivity index (χ4v) is 3.94. The normalized spacial score (nSPS) is 10.6. The second-order valence-corrected chi connectivity index (χ2v) is 8.69. The number of thiocarbonyl (C=S) groups is 1. The maximum Gasteiger partial charge on any atom is 0.293 e. The summed E-state index contributed by atoms with van der Waals surface area (Å²) in [6.07, 6.45) is 0. The van der Waals surface area contributed by atoms with Gasteiger partial charge in [0.25, 0.3) is 5.91 Å². The first-order valence-electron chi connectivity index (χ1n) is 9.89. The number of carbonyl (C=O) groups is 2. The van der Waals surface area contributed by atoms with E-state index in [0.29, 0.717) is 43.2 Å². The Morgan fingerprint density at radius 2 is 1.62 bits per heavy atom. The zero-order valence-electron chi connectivity index (χ0n) is 17.3. The molecule has 1 amide bonds. The van der Waals surface area contributed by atoms with Crippen LogP contribution in [0.5, 0.6) is 0 Å². The molecule has 5 nitrogen and oxygen atoms in total. The number of furan rings is 1. The largest absolute Gasteiger partial charge is 0.451 e. The highest BCUT2D eigenvalue weighted by atomic mass is 35.5. The van der Waals surface area contributed by atoms with Gasteiger partial charge in [0.05, 0.1) is 15.7 Å². The van der Waals surface area contributed by atoms with Crippen molar-refractivity contribution in [3.63, 3.8) is 0 Å². The van der Waals surface area contributed by atoms with Crippen LogP contribution in [0.15, 0.2) is 83.3 Å². The van der Waals surface area contributed by atoms with E-state index in [4.69, 9.17) is 51.4 Å². The minimum Gasteiger partial charge on any atom is -0.451 e. The van der Waals surface area contributed by atoms with Crippen molar-refractivity contribution in [3.8, 4) is 11.3 Å². The number of carbonyl (C=O) groups excluding carboxylic acids is 2. The minimum atomic E-state index is -0.577. The minimum absolute atomic E-state index is 0.0202. The molecule has 0 saturated carbocycles. The van der Waals surface area contributed by atoms with Gasteiger partial charge in [0.2, 0.25) is 0 Å². The summed E-state index contributed by atoms with van der Waals surface area (Å²) in [4.78, 5) is 25.6. The highest BCUT2D eigenvalue weighted by Crippen LogP contribution is 2.34. The van der Waals surface area contributed by atoms with Crippen LogP contribution in [0, 0.1) is 0 Å². The SMILES string of the molecule is O=C(NC(=S)Nc1ccc(Cl)cc1C(=O)c1ccccc1)c1ccc(-c2cccc(Cl)c2Cl)o1. The number of hydrogen-bond acceptors (Lipinski definition) is 4. The van der Waals surface area contributed by atoms with E-state index in [-0.39, 0.29) is 16.7 Å². The van der Waals surface area contributed by atoms with Crippen LogP contribution in [0.4, 0.5) is 5.69 Å². The average molecular weight is 530 g/mol. The molecule has 0 aliphatic carbocycles. The van der Waals surface area contributed by atoms with Gasteiger partial charge < -0.3 is 9.73 Å². The van der Waals surface area contributed by atoms with E-state index in [1.165, 1.54) is 12.1 Å². The Kier molecular flexibility index (Phi) is 7.34. The fourth-order valence-electron chi connectivity index (χ4n) is 3.18. The predicted octanol–water partition coefficient (Wildman–Crippen LogP) is 7.26. The monoisotopic (exact) mass is 528 g/mol. The van der Waals surface area contributed by atoms with Crippen LogP contribution < -0.4 is 10.6 Å². The topological polar surface area (TPSA) is 71.3 Å². The van der Waals surface area contributed by atoms with Crippen LogP contribution >= 0.6 is 47.0 Å². The van der Waals surface area contributed by atoms with Crippen molar-refractivity contribution in [2.75, 3.05) is 5.32 Å². The zero-order chi connectivity index (χ0) is 24.2. The summed E-state index contributed by atoms with van der Waals surface area (Å²) in [6, 6.07) is 21.7. The van der Waals surface area contributed by atoms with Gasteiger partial charge in [0.15, 0.2) is 16.7 Å². The molecule has 0 saturated heterocycles. The van der Waals surface area contributed by atoms with Crippen LogP contribution in [0.1, 0.15) is 26.5 Å². The van der Waals surface area contributed by atoms with Crippen molar-refractivity contribution in [2.24, 2.45) is 0 Å². The molecule has 2 N–H and O–H groups in total. The van der Waals surface area contributed by atoms with Gasteiger partial charge >= 0.3 is 0 Å². The van der Waals surface area contributed by atoms with E-state index in [9.17, 15) is 9.59 Å². The van der Waals surface area contributed by atoms with Crippen LogP contribution in [-0.2, 0) is 0 Å². The molecule has 0 atom stereocenters. The molecule has 0 bridgehead atoms. The zero-order valence-corrected chi connectivity index (χ0v) is 20.4.